The molecule has 0 aliphatic carbocycles. The molecule has 1 aliphatic rings. The number of piperidine rings is 1. The van der Waals surface area contributed by atoms with Crippen molar-refractivity contribution in [3.8, 4) is 5.75 Å². The molecule has 0 aromatic heterocycles. The molecule has 0 unspecified atom stereocenters. The third-order valence-electron chi connectivity index (χ3n) is 3.81. The maximum Gasteiger partial charge on any atom is 0.273 e. The van der Waals surface area contributed by atoms with E-state index in [1.54, 1.807) is 0 Å². The van der Waals surface area contributed by atoms with Crippen molar-refractivity contribution in [2.75, 3.05) is 20.2 Å². The van der Waals surface area contributed by atoms with E-state index in [1.165, 1.54) is 23.5 Å². The molecule has 2 atom stereocenters. The molecule has 1 aromatic carbocycles. The molecular weight excluding hydrogens is 308 g/mol. The Bertz CT molecular complexity index is 664. The molecule has 1 aliphatic heterocycles. The summed E-state index contributed by atoms with van der Waals surface area (Å²) < 4.78 is 32.1. The maximum absolute atomic E-state index is 12.8. The zero-order valence-corrected chi connectivity index (χ0v) is 13.7. The second-order valence-corrected chi connectivity index (χ2v) is 7.77. The average Bonchev–Trinajstić information content (AvgIpc) is 2.45. The van der Waals surface area contributed by atoms with Crippen molar-refractivity contribution >= 4 is 15.7 Å². The molecule has 0 radical (unpaired) electrons. The molecule has 0 saturated carbocycles. The quantitative estimate of drug-likeness (QED) is 0.625. The number of nitro benzene ring substituents is 1. The number of nitrogens with zero attached hydrogens (tertiary/aromatic N) is 2. The molecular formula is C14H20N2O5S. The van der Waals surface area contributed by atoms with Gasteiger partial charge in [-0.2, -0.15) is 4.31 Å². The molecule has 122 valence electrons. The highest BCUT2D eigenvalue weighted by Gasteiger charge is 2.34. The van der Waals surface area contributed by atoms with Crippen LogP contribution in [0.25, 0.3) is 0 Å². The summed E-state index contributed by atoms with van der Waals surface area (Å²) in [7, 11) is -2.42. The highest BCUT2D eigenvalue weighted by Crippen LogP contribution is 2.33. The third kappa shape index (κ3) is 3.22. The van der Waals surface area contributed by atoms with Gasteiger partial charge in [0.15, 0.2) is 0 Å². The lowest BCUT2D eigenvalue weighted by atomic mass is 9.94. The van der Waals surface area contributed by atoms with Crippen LogP contribution in [0.2, 0.25) is 0 Å². The fourth-order valence-electron chi connectivity index (χ4n) is 2.92. The van der Waals surface area contributed by atoms with Crippen LogP contribution in [0.4, 0.5) is 5.69 Å². The highest BCUT2D eigenvalue weighted by molar-refractivity contribution is 7.89. The molecule has 22 heavy (non-hydrogen) atoms. The van der Waals surface area contributed by atoms with Crippen LogP contribution in [0, 0.1) is 22.0 Å². The lowest BCUT2D eigenvalue weighted by Crippen LogP contribution is -2.42. The Labute approximate surface area is 130 Å². The van der Waals surface area contributed by atoms with E-state index in [1.807, 2.05) is 13.8 Å². The first-order chi connectivity index (χ1) is 10.3. The normalized spacial score (nSPS) is 23.2. The fraction of sp³-hybridized carbons (Fsp3) is 0.571. The summed E-state index contributed by atoms with van der Waals surface area (Å²) in [5.41, 5.74) is -0.198. The number of methoxy groups -OCH3 is 1. The molecule has 0 spiro atoms. The van der Waals surface area contributed by atoms with Crippen LogP contribution >= 0.6 is 0 Å². The van der Waals surface area contributed by atoms with Gasteiger partial charge in [0.1, 0.15) is 10.6 Å². The first-order valence-electron chi connectivity index (χ1n) is 7.08. The van der Waals surface area contributed by atoms with Gasteiger partial charge in [-0.3, -0.25) is 10.1 Å². The summed E-state index contributed by atoms with van der Waals surface area (Å²) in [6, 6.07) is 3.58. The Morgan fingerprint density at radius 3 is 2.36 bits per heavy atom. The minimum Gasteiger partial charge on any atom is -0.495 e. The minimum atomic E-state index is -3.73. The predicted octanol–water partition coefficient (Wildman–Crippen LogP) is 2.27. The van der Waals surface area contributed by atoms with E-state index >= 15 is 0 Å². The van der Waals surface area contributed by atoms with Gasteiger partial charge in [0.25, 0.3) is 5.69 Å². The van der Waals surface area contributed by atoms with Crippen molar-refractivity contribution in [3.63, 3.8) is 0 Å². The van der Waals surface area contributed by atoms with Gasteiger partial charge >= 0.3 is 0 Å². The number of ether oxygens (including phenoxy) is 1. The predicted molar refractivity (Wildman–Crippen MR) is 81.4 cm³/mol. The second kappa shape index (κ2) is 6.21. The molecule has 7 nitrogen and oxygen atoms in total. The zero-order valence-electron chi connectivity index (χ0n) is 12.9. The van der Waals surface area contributed by atoms with E-state index in [4.69, 9.17) is 4.74 Å². The van der Waals surface area contributed by atoms with Gasteiger partial charge in [-0.1, -0.05) is 13.8 Å². The lowest BCUT2D eigenvalue weighted by Gasteiger charge is -2.34. The Morgan fingerprint density at radius 2 is 1.86 bits per heavy atom. The van der Waals surface area contributed by atoms with Crippen molar-refractivity contribution < 1.29 is 18.1 Å². The number of nitro groups is 1. The van der Waals surface area contributed by atoms with Crippen molar-refractivity contribution in [2.24, 2.45) is 11.8 Å². The standard InChI is InChI=1S/C14H20N2O5S/c1-10-6-11(2)9-15(8-10)22(19,20)14-5-4-12(16(17)18)7-13(14)21-3/h4-5,7,10-11H,6,8-9H2,1-3H3/t10-,11-/m0/s1. The van der Waals surface area contributed by atoms with E-state index < -0.39 is 14.9 Å². The monoisotopic (exact) mass is 328 g/mol. The Balaban J connectivity index is 2.42. The molecule has 0 amide bonds. The van der Waals surface area contributed by atoms with Crippen LogP contribution in [-0.2, 0) is 10.0 Å². The number of hydrogen-bond acceptors (Lipinski definition) is 5. The average molecular weight is 328 g/mol. The van der Waals surface area contributed by atoms with Crippen LogP contribution in [0.1, 0.15) is 20.3 Å². The first kappa shape index (κ1) is 16.7. The van der Waals surface area contributed by atoms with Crippen LogP contribution in [0.3, 0.4) is 0 Å². The molecule has 8 heteroatoms. The molecule has 1 saturated heterocycles. The smallest absolute Gasteiger partial charge is 0.273 e. The molecule has 1 aromatic rings. The van der Waals surface area contributed by atoms with Gasteiger partial charge in [0.05, 0.1) is 18.1 Å². The molecule has 0 N–H and O–H groups in total. The Morgan fingerprint density at radius 1 is 1.27 bits per heavy atom. The highest BCUT2D eigenvalue weighted by atomic mass is 32.2. The van der Waals surface area contributed by atoms with Gasteiger partial charge in [-0.15, -0.1) is 0 Å². The molecule has 0 bridgehead atoms. The SMILES string of the molecule is COc1cc([N+](=O)[O-])ccc1S(=O)(=O)N1C[C@@H](C)C[C@H](C)C1. The molecule has 1 fully saturated rings. The van der Waals surface area contributed by atoms with Crippen LogP contribution < -0.4 is 4.74 Å². The van der Waals surface area contributed by atoms with Crippen LogP contribution in [0.5, 0.6) is 5.75 Å². The third-order valence-corrected chi connectivity index (χ3v) is 5.68. The van der Waals surface area contributed by atoms with Gasteiger partial charge in [0.2, 0.25) is 10.0 Å². The van der Waals surface area contributed by atoms with Crippen LogP contribution in [0.15, 0.2) is 23.1 Å². The van der Waals surface area contributed by atoms with E-state index in [-0.39, 0.29) is 28.2 Å². The van der Waals surface area contributed by atoms with Crippen molar-refractivity contribution in [2.45, 2.75) is 25.2 Å². The Kier molecular flexibility index (Phi) is 4.72. The summed E-state index contributed by atoms with van der Waals surface area (Å²) in [4.78, 5) is 10.2. The van der Waals surface area contributed by atoms with Crippen molar-refractivity contribution in [1.29, 1.82) is 0 Å². The Hall–Kier alpha value is -1.67. The number of rotatable bonds is 4. The summed E-state index contributed by atoms with van der Waals surface area (Å²) in [5.74, 6) is 0.560. The number of non-ortho nitro benzene ring substituents is 1. The summed E-state index contributed by atoms with van der Waals surface area (Å²) in [5, 5.41) is 10.8. The van der Waals surface area contributed by atoms with Gasteiger partial charge in [-0.25, -0.2) is 8.42 Å². The van der Waals surface area contributed by atoms with E-state index in [9.17, 15) is 18.5 Å². The van der Waals surface area contributed by atoms with Crippen molar-refractivity contribution in [1.82, 2.24) is 4.31 Å². The van der Waals surface area contributed by atoms with E-state index in [2.05, 4.69) is 0 Å². The van der Waals surface area contributed by atoms with Crippen molar-refractivity contribution in [3.05, 3.63) is 28.3 Å². The summed E-state index contributed by atoms with van der Waals surface area (Å²) in [6.07, 6.45) is 0.990. The molecule has 2 rings (SSSR count). The largest absolute Gasteiger partial charge is 0.495 e. The van der Waals surface area contributed by atoms with Gasteiger partial charge < -0.3 is 4.74 Å². The van der Waals surface area contributed by atoms with E-state index in [0.29, 0.717) is 13.1 Å². The fourth-order valence-corrected chi connectivity index (χ4v) is 4.74. The summed E-state index contributed by atoms with van der Waals surface area (Å²) in [6.45, 7) is 4.94. The van der Waals surface area contributed by atoms with Gasteiger partial charge in [0, 0.05) is 19.2 Å². The van der Waals surface area contributed by atoms with Crippen LogP contribution in [-0.4, -0.2) is 37.8 Å². The maximum atomic E-state index is 12.8. The topological polar surface area (TPSA) is 89.7 Å². The summed E-state index contributed by atoms with van der Waals surface area (Å²) >= 11 is 0. The first-order valence-corrected chi connectivity index (χ1v) is 8.52. The minimum absolute atomic E-state index is 0.0000737. The molecule has 1 heterocycles. The van der Waals surface area contributed by atoms with E-state index in [0.717, 1.165) is 12.5 Å². The number of benzene rings is 1. The number of sulfonamides is 1. The lowest BCUT2D eigenvalue weighted by molar-refractivity contribution is -0.385. The second-order valence-electron chi connectivity index (χ2n) is 5.86. The zero-order chi connectivity index (χ0) is 16.5. The van der Waals surface area contributed by atoms with Gasteiger partial charge in [-0.05, 0) is 24.3 Å². The number of hydrogen-bond donors (Lipinski definition) is 0.